The zero-order valence-corrected chi connectivity index (χ0v) is 12.0. The summed E-state index contributed by atoms with van der Waals surface area (Å²) in [6.45, 7) is 3.64. The molecule has 0 fully saturated rings. The van der Waals surface area contributed by atoms with Gasteiger partial charge in [0.05, 0.1) is 4.92 Å². The molecule has 0 aliphatic carbocycles. The van der Waals surface area contributed by atoms with Crippen molar-refractivity contribution >= 4 is 22.8 Å². The largest absolute Gasteiger partial charge is 0.383 e. The van der Waals surface area contributed by atoms with Crippen molar-refractivity contribution < 1.29 is 10.0 Å². The zero-order chi connectivity index (χ0) is 14.8. The number of anilines is 1. The number of aryl methyl sites for hydroxylation is 1. The third-order valence-electron chi connectivity index (χ3n) is 2.95. The maximum absolute atomic E-state index is 10.7. The molecule has 106 valence electrons. The fourth-order valence-electron chi connectivity index (χ4n) is 1.77. The van der Waals surface area contributed by atoms with Crippen LogP contribution < -0.4 is 5.32 Å². The highest BCUT2D eigenvalue weighted by atomic mass is 32.1. The Hall–Kier alpha value is -1.99. The molecule has 0 aliphatic rings. The van der Waals surface area contributed by atoms with E-state index in [4.69, 9.17) is 0 Å². The number of hydrogen-bond donors (Lipinski definition) is 2. The molecule has 20 heavy (non-hydrogen) atoms. The van der Waals surface area contributed by atoms with Gasteiger partial charge in [-0.1, -0.05) is 6.07 Å². The Kier molecular flexibility index (Phi) is 4.01. The first kappa shape index (κ1) is 14.4. The smallest absolute Gasteiger partial charge is 0.290 e. The summed E-state index contributed by atoms with van der Waals surface area (Å²) in [5.74, 6) is 0.505. The second-order valence-corrected chi connectivity index (χ2v) is 5.67. The van der Waals surface area contributed by atoms with Crippen LogP contribution in [0.4, 0.5) is 11.5 Å². The molecule has 2 heterocycles. The third kappa shape index (κ3) is 3.12. The molecule has 0 aliphatic heterocycles. The van der Waals surface area contributed by atoms with Gasteiger partial charge in [0.1, 0.15) is 17.6 Å². The highest BCUT2D eigenvalue weighted by molar-refractivity contribution is 7.10. The van der Waals surface area contributed by atoms with Gasteiger partial charge in [0.15, 0.2) is 0 Å². The van der Waals surface area contributed by atoms with E-state index in [-0.39, 0.29) is 12.2 Å². The van der Waals surface area contributed by atoms with E-state index in [1.165, 1.54) is 17.5 Å². The molecular weight excluding hydrogens is 278 g/mol. The average Bonchev–Trinajstić information content (AvgIpc) is 2.90. The number of aliphatic hydroxyl groups is 1. The lowest BCUT2D eigenvalue weighted by atomic mass is 10.1. The van der Waals surface area contributed by atoms with Crippen LogP contribution in [0, 0.1) is 17.0 Å². The highest BCUT2D eigenvalue weighted by Gasteiger charge is 2.24. The molecule has 0 amide bonds. The monoisotopic (exact) mass is 293 g/mol. The minimum Gasteiger partial charge on any atom is -0.383 e. The standard InChI is InChI=1S/C13H15N3O3S/c1-9-6-12(14-7-10(9)16(18)19)15-8-13(2,17)11-4-3-5-20-11/h3-7,17H,8H2,1-2H3,(H,14,15). The molecule has 0 radical (unpaired) electrons. The van der Waals surface area contributed by atoms with Gasteiger partial charge >= 0.3 is 0 Å². The summed E-state index contributed by atoms with van der Waals surface area (Å²) in [5, 5.41) is 26.0. The van der Waals surface area contributed by atoms with Gasteiger partial charge in [-0.3, -0.25) is 10.1 Å². The fraction of sp³-hybridized carbons (Fsp3) is 0.308. The van der Waals surface area contributed by atoms with E-state index in [1.807, 2.05) is 17.5 Å². The van der Waals surface area contributed by atoms with E-state index >= 15 is 0 Å². The Labute approximate surface area is 120 Å². The molecule has 0 bridgehead atoms. The van der Waals surface area contributed by atoms with Crippen LogP contribution in [-0.4, -0.2) is 21.6 Å². The molecule has 1 atom stereocenters. The Morgan fingerprint density at radius 1 is 1.60 bits per heavy atom. The third-order valence-corrected chi connectivity index (χ3v) is 4.07. The Balaban J connectivity index is 2.08. The summed E-state index contributed by atoms with van der Waals surface area (Å²) in [7, 11) is 0. The first-order chi connectivity index (χ1) is 9.40. The molecule has 2 N–H and O–H groups in total. The summed E-state index contributed by atoms with van der Waals surface area (Å²) < 4.78 is 0. The minimum atomic E-state index is -1.01. The summed E-state index contributed by atoms with van der Waals surface area (Å²) in [4.78, 5) is 15.1. The SMILES string of the molecule is Cc1cc(NCC(C)(O)c2cccs2)ncc1[N+](=O)[O-]. The van der Waals surface area contributed by atoms with Crippen molar-refractivity contribution in [2.45, 2.75) is 19.4 Å². The van der Waals surface area contributed by atoms with Crippen LogP contribution in [0.15, 0.2) is 29.8 Å². The molecular formula is C13H15N3O3S. The molecule has 7 heteroatoms. The van der Waals surface area contributed by atoms with E-state index in [9.17, 15) is 15.2 Å². The average molecular weight is 293 g/mol. The van der Waals surface area contributed by atoms with Crippen molar-refractivity contribution in [1.82, 2.24) is 4.98 Å². The van der Waals surface area contributed by atoms with Crippen LogP contribution in [0.2, 0.25) is 0 Å². The number of pyridine rings is 1. The number of nitro groups is 1. The van der Waals surface area contributed by atoms with Crippen LogP contribution in [0.1, 0.15) is 17.4 Å². The van der Waals surface area contributed by atoms with E-state index in [1.54, 1.807) is 19.9 Å². The van der Waals surface area contributed by atoms with Crippen LogP contribution in [0.5, 0.6) is 0 Å². The van der Waals surface area contributed by atoms with E-state index in [0.29, 0.717) is 11.4 Å². The molecule has 1 unspecified atom stereocenters. The first-order valence-electron chi connectivity index (χ1n) is 6.01. The predicted octanol–water partition coefficient (Wildman–Crippen LogP) is 2.68. The molecule has 6 nitrogen and oxygen atoms in total. The van der Waals surface area contributed by atoms with Gasteiger partial charge in [-0.15, -0.1) is 11.3 Å². The highest BCUT2D eigenvalue weighted by Crippen LogP contribution is 2.26. The van der Waals surface area contributed by atoms with Crippen molar-refractivity contribution in [3.63, 3.8) is 0 Å². The van der Waals surface area contributed by atoms with Crippen molar-refractivity contribution in [1.29, 1.82) is 0 Å². The Morgan fingerprint density at radius 2 is 2.35 bits per heavy atom. The second-order valence-electron chi connectivity index (χ2n) is 4.72. The van der Waals surface area contributed by atoms with E-state index < -0.39 is 10.5 Å². The van der Waals surface area contributed by atoms with Crippen LogP contribution in [0.25, 0.3) is 0 Å². The molecule has 0 saturated carbocycles. The van der Waals surface area contributed by atoms with E-state index in [2.05, 4.69) is 10.3 Å². The number of rotatable bonds is 5. The normalized spacial score (nSPS) is 13.8. The number of nitrogens with one attached hydrogen (secondary N) is 1. The molecule has 2 aromatic rings. The summed E-state index contributed by atoms with van der Waals surface area (Å²) in [5.41, 5.74) is -0.491. The topological polar surface area (TPSA) is 88.3 Å². The first-order valence-corrected chi connectivity index (χ1v) is 6.89. The second kappa shape index (κ2) is 5.56. The summed E-state index contributed by atoms with van der Waals surface area (Å²) >= 11 is 1.47. The molecule has 0 saturated heterocycles. The quantitative estimate of drug-likeness (QED) is 0.653. The molecule has 2 rings (SSSR count). The van der Waals surface area contributed by atoms with Gasteiger partial charge in [0, 0.05) is 17.0 Å². The molecule has 0 aromatic carbocycles. The number of thiophene rings is 1. The zero-order valence-electron chi connectivity index (χ0n) is 11.2. The predicted molar refractivity (Wildman–Crippen MR) is 78.0 cm³/mol. The van der Waals surface area contributed by atoms with Crippen LogP contribution >= 0.6 is 11.3 Å². The number of nitrogens with zero attached hydrogens (tertiary/aromatic N) is 2. The minimum absolute atomic E-state index is 0.0134. The lowest BCUT2D eigenvalue weighted by molar-refractivity contribution is -0.385. The Morgan fingerprint density at radius 3 is 2.90 bits per heavy atom. The van der Waals surface area contributed by atoms with Crippen molar-refractivity contribution in [2.24, 2.45) is 0 Å². The molecule has 0 spiro atoms. The van der Waals surface area contributed by atoms with Crippen molar-refractivity contribution in [2.75, 3.05) is 11.9 Å². The van der Waals surface area contributed by atoms with Crippen molar-refractivity contribution in [3.8, 4) is 0 Å². The number of aromatic nitrogens is 1. The van der Waals surface area contributed by atoms with Crippen LogP contribution in [-0.2, 0) is 5.60 Å². The lowest BCUT2D eigenvalue weighted by Gasteiger charge is -2.22. The van der Waals surface area contributed by atoms with Gasteiger partial charge in [-0.05, 0) is 31.4 Å². The van der Waals surface area contributed by atoms with Crippen LogP contribution in [0.3, 0.4) is 0 Å². The van der Waals surface area contributed by atoms with Gasteiger partial charge in [0.2, 0.25) is 0 Å². The van der Waals surface area contributed by atoms with E-state index in [0.717, 1.165) is 4.88 Å². The molecule has 2 aromatic heterocycles. The number of hydrogen-bond acceptors (Lipinski definition) is 6. The lowest BCUT2D eigenvalue weighted by Crippen LogP contribution is -2.30. The van der Waals surface area contributed by atoms with Gasteiger partial charge in [-0.2, -0.15) is 0 Å². The maximum Gasteiger partial charge on any atom is 0.290 e. The van der Waals surface area contributed by atoms with Gasteiger partial charge < -0.3 is 10.4 Å². The van der Waals surface area contributed by atoms with Gasteiger partial charge in [-0.25, -0.2) is 4.98 Å². The van der Waals surface area contributed by atoms with Crippen molar-refractivity contribution in [3.05, 3.63) is 50.3 Å². The Bertz CT molecular complexity index is 611. The fourth-order valence-corrected chi connectivity index (χ4v) is 2.56. The maximum atomic E-state index is 10.7. The summed E-state index contributed by atoms with van der Waals surface area (Å²) in [6, 6.07) is 5.34. The summed E-state index contributed by atoms with van der Waals surface area (Å²) in [6.07, 6.45) is 1.22. The van der Waals surface area contributed by atoms with Gasteiger partial charge in [0.25, 0.3) is 5.69 Å².